The first kappa shape index (κ1) is 15.9. The summed E-state index contributed by atoms with van der Waals surface area (Å²) in [6.45, 7) is 8.17. The Bertz CT molecular complexity index is 653. The van der Waals surface area contributed by atoms with Gasteiger partial charge >= 0.3 is 0 Å². The molecule has 0 aromatic heterocycles. The van der Waals surface area contributed by atoms with Crippen LogP contribution in [0.1, 0.15) is 67.2 Å². The summed E-state index contributed by atoms with van der Waals surface area (Å²) in [6.07, 6.45) is 4.04. The molecule has 126 valence electrons. The van der Waals surface area contributed by atoms with Crippen LogP contribution in [0.5, 0.6) is 0 Å². The molecule has 3 aliphatic carbocycles. The summed E-state index contributed by atoms with van der Waals surface area (Å²) in [7, 11) is 0. The predicted molar refractivity (Wildman–Crippen MR) is 102 cm³/mol. The normalized spacial score (nSPS) is 24.0. The van der Waals surface area contributed by atoms with Crippen molar-refractivity contribution in [1.82, 2.24) is 4.90 Å². The lowest BCUT2D eigenvalue weighted by atomic mass is 9.58. The van der Waals surface area contributed by atoms with Gasteiger partial charge in [0.2, 0.25) is 0 Å². The van der Waals surface area contributed by atoms with Crippen molar-refractivity contribution in [2.75, 3.05) is 19.6 Å². The molecule has 2 aromatic rings. The predicted octanol–water partition coefficient (Wildman–Crippen LogP) is 5.41. The van der Waals surface area contributed by atoms with Crippen LogP contribution in [0, 0.1) is 5.92 Å². The van der Waals surface area contributed by atoms with Crippen molar-refractivity contribution >= 4 is 0 Å². The zero-order valence-corrected chi connectivity index (χ0v) is 15.0. The Morgan fingerprint density at radius 1 is 0.833 bits per heavy atom. The summed E-state index contributed by atoms with van der Waals surface area (Å²) in [4.78, 5) is 2.56. The highest BCUT2D eigenvalue weighted by molar-refractivity contribution is 5.55. The lowest BCUT2D eigenvalue weighted by Gasteiger charge is -2.46. The molecular formula is C23H29N. The summed E-state index contributed by atoms with van der Waals surface area (Å²) in [5, 5.41) is 0. The average molecular weight is 319 g/mol. The second kappa shape index (κ2) is 6.72. The minimum atomic E-state index is 0.624. The zero-order chi connectivity index (χ0) is 16.5. The smallest absolute Gasteiger partial charge is 0.0124 e. The van der Waals surface area contributed by atoms with E-state index in [1.807, 2.05) is 0 Å². The van der Waals surface area contributed by atoms with Crippen LogP contribution < -0.4 is 0 Å². The van der Waals surface area contributed by atoms with Gasteiger partial charge in [-0.3, -0.25) is 0 Å². The van der Waals surface area contributed by atoms with Gasteiger partial charge in [-0.2, -0.15) is 0 Å². The number of benzene rings is 2. The summed E-state index contributed by atoms with van der Waals surface area (Å²) >= 11 is 0. The molecule has 5 rings (SSSR count). The average Bonchev–Trinajstić information content (AvgIpc) is 2.65. The first-order valence-electron chi connectivity index (χ1n) is 9.73. The molecule has 0 radical (unpaired) electrons. The molecule has 0 amide bonds. The summed E-state index contributed by atoms with van der Waals surface area (Å²) in [6, 6.07) is 18.4. The van der Waals surface area contributed by atoms with Crippen LogP contribution in [-0.2, 0) is 0 Å². The molecule has 1 unspecified atom stereocenters. The Balaban J connectivity index is 1.59. The van der Waals surface area contributed by atoms with E-state index in [4.69, 9.17) is 0 Å². The number of hydrogen-bond donors (Lipinski definition) is 0. The molecule has 0 aliphatic heterocycles. The minimum absolute atomic E-state index is 0.624. The van der Waals surface area contributed by atoms with Gasteiger partial charge in [0.05, 0.1) is 0 Å². The molecule has 1 atom stereocenters. The van der Waals surface area contributed by atoms with E-state index in [2.05, 4.69) is 67.3 Å². The van der Waals surface area contributed by atoms with Crippen LogP contribution in [0.25, 0.3) is 0 Å². The molecule has 0 saturated carbocycles. The molecule has 0 N–H and O–H groups in total. The van der Waals surface area contributed by atoms with E-state index in [0.29, 0.717) is 11.8 Å². The zero-order valence-electron chi connectivity index (χ0n) is 15.0. The minimum Gasteiger partial charge on any atom is -0.304 e. The highest BCUT2D eigenvalue weighted by atomic mass is 15.1. The Hall–Kier alpha value is -1.60. The fourth-order valence-corrected chi connectivity index (χ4v) is 5.16. The molecule has 0 fully saturated rings. The molecule has 2 bridgehead atoms. The fraction of sp³-hybridized carbons (Fsp3) is 0.478. The summed E-state index contributed by atoms with van der Waals surface area (Å²) in [5.74, 6) is 2.07. The van der Waals surface area contributed by atoms with E-state index in [-0.39, 0.29) is 0 Å². The van der Waals surface area contributed by atoms with Gasteiger partial charge in [-0.25, -0.2) is 0 Å². The third-order valence-corrected chi connectivity index (χ3v) is 6.37. The largest absolute Gasteiger partial charge is 0.304 e. The van der Waals surface area contributed by atoms with E-state index < -0.39 is 0 Å². The Morgan fingerprint density at radius 3 is 1.92 bits per heavy atom. The monoisotopic (exact) mass is 319 g/mol. The second-order valence-electron chi connectivity index (χ2n) is 7.45. The first-order valence-corrected chi connectivity index (χ1v) is 9.73. The van der Waals surface area contributed by atoms with Gasteiger partial charge in [-0.05, 0) is 67.1 Å². The Kier molecular flexibility index (Phi) is 4.45. The van der Waals surface area contributed by atoms with Gasteiger partial charge in [0, 0.05) is 11.8 Å². The Morgan fingerprint density at radius 2 is 1.38 bits per heavy atom. The van der Waals surface area contributed by atoms with E-state index in [1.54, 1.807) is 22.3 Å². The molecule has 0 saturated heterocycles. The van der Waals surface area contributed by atoms with Crippen LogP contribution in [0.4, 0.5) is 0 Å². The number of hydrogen-bond acceptors (Lipinski definition) is 1. The van der Waals surface area contributed by atoms with Crippen LogP contribution in [-0.4, -0.2) is 24.5 Å². The van der Waals surface area contributed by atoms with E-state index in [9.17, 15) is 0 Å². The van der Waals surface area contributed by atoms with Crippen molar-refractivity contribution in [2.24, 2.45) is 5.92 Å². The van der Waals surface area contributed by atoms with Crippen molar-refractivity contribution in [2.45, 2.75) is 44.9 Å². The maximum atomic E-state index is 2.56. The third-order valence-electron chi connectivity index (χ3n) is 6.37. The molecule has 1 nitrogen and oxygen atoms in total. The first-order chi connectivity index (χ1) is 11.8. The molecule has 24 heavy (non-hydrogen) atoms. The lowest BCUT2D eigenvalue weighted by molar-refractivity contribution is 0.266. The maximum absolute atomic E-state index is 2.56. The molecule has 3 aliphatic rings. The van der Waals surface area contributed by atoms with Crippen LogP contribution in [0.3, 0.4) is 0 Å². The van der Waals surface area contributed by atoms with Crippen LogP contribution in [0.15, 0.2) is 48.5 Å². The van der Waals surface area contributed by atoms with E-state index in [0.717, 1.165) is 5.92 Å². The van der Waals surface area contributed by atoms with Crippen molar-refractivity contribution in [1.29, 1.82) is 0 Å². The van der Waals surface area contributed by atoms with Crippen molar-refractivity contribution in [3.63, 3.8) is 0 Å². The summed E-state index contributed by atoms with van der Waals surface area (Å²) in [5.41, 5.74) is 6.42. The SMILES string of the molecule is CCN(CC)CCCC1CC2c3ccccc3C1c1ccccc12. The third kappa shape index (κ3) is 2.59. The number of rotatable bonds is 6. The molecule has 0 spiro atoms. The standard InChI is InChI=1S/C23H29N/c1-3-24(4-2)15-9-10-17-16-22-18-11-5-7-13-20(18)23(17)21-14-8-6-12-19(21)22/h5-8,11-14,17,22-23H,3-4,9-10,15-16H2,1-2H3. The van der Waals surface area contributed by atoms with Crippen LogP contribution in [0.2, 0.25) is 0 Å². The summed E-state index contributed by atoms with van der Waals surface area (Å²) < 4.78 is 0. The maximum Gasteiger partial charge on any atom is 0.0124 e. The molecule has 1 heteroatoms. The van der Waals surface area contributed by atoms with Gasteiger partial charge in [-0.15, -0.1) is 0 Å². The fourth-order valence-electron chi connectivity index (χ4n) is 5.16. The van der Waals surface area contributed by atoms with Crippen molar-refractivity contribution in [3.8, 4) is 0 Å². The van der Waals surface area contributed by atoms with Gasteiger partial charge in [0.15, 0.2) is 0 Å². The second-order valence-corrected chi connectivity index (χ2v) is 7.45. The number of fused-ring (bicyclic) bond motifs is 1. The lowest BCUT2D eigenvalue weighted by Crippen LogP contribution is -2.33. The van der Waals surface area contributed by atoms with Crippen LogP contribution >= 0.6 is 0 Å². The van der Waals surface area contributed by atoms with Gasteiger partial charge in [0.25, 0.3) is 0 Å². The van der Waals surface area contributed by atoms with Crippen molar-refractivity contribution < 1.29 is 0 Å². The van der Waals surface area contributed by atoms with Gasteiger partial charge in [0.1, 0.15) is 0 Å². The van der Waals surface area contributed by atoms with E-state index >= 15 is 0 Å². The number of nitrogens with zero attached hydrogens (tertiary/aromatic N) is 1. The molecule has 0 heterocycles. The topological polar surface area (TPSA) is 3.24 Å². The highest BCUT2D eigenvalue weighted by Crippen LogP contribution is 2.56. The quantitative estimate of drug-likeness (QED) is 0.688. The van der Waals surface area contributed by atoms with Gasteiger partial charge < -0.3 is 4.90 Å². The van der Waals surface area contributed by atoms with Gasteiger partial charge in [-0.1, -0.05) is 62.4 Å². The van der Waals surface area contributed by atoms with Crippen molar-refractivity contribution in [3.05, 3.63) is 70.8 Å². The van der Waals surface area contributed by atoms with E-state index in [1.165, 1.54) is 38.9 Å². The highest BCUT2D eigenvalue weighted by Gasteiger charge is 2.42. The molecule has 2 aromatic carbocycles. The Labute approximate surface area is 146 Å². The molecular weight excluding hydrogens is 290 g/mol.